The number of benzene rings is 4. The molecule has 0 atom stereocenters. The van der Waals surface area contributed by atoms with Crippen LogP contribution in [0.2, 0.25) is 0 Å². The topological polar surface area (TPSA) is 113 Å². The third-order valence-corrected chi connectivity index (χ3v) is 8.50. The molecule has 0 fully saturated rings. The van der Waals surface area contributed by atoms with Gasteiger partial charge in [0.15, 0.2) is 11.6 Å². The van der Waals surface area contributed by atoms with E-state index in [1.807, 2.05) is 42.5 Å². The third-order valence-electron chi connectivity index (χ3n) is 5.98. The van der Waals surface area contributed by atoms with E-state index in [1.165, 1.54) is 30.6 Å². The van der Waals surface area contributed by atoms with Crippen molar-refractivity contribution in [3.05, 3.63) is 115 Å². The molecule has 0 unspecified atom stereocenters. The fourth-order valence-electron chi connectivity index (χ4n) is 4.04. The predicted octanol–water partition coefficient (Wildman–Crippen LogP) is 6.45. The number of anilines is 4. The fraction of sp³-hybridized carbons (Fsp3) is 0. The van der Waals surface area contributed by atoms with E-state index < -0.39 is 10.0 Å². The molecule has 0 aliphatic carbocycles. The van der Waals surface area contributed by atoms with Gasteiger partial charge in [0.05, 0.1) is 33.5 Å². The first-order chi connectivity index (χ1) is 18.9. The Morgan fingerprint density at radius 1 is 0.846 bits per heavy atom. The van der Waals surface area contributed by atoms with Crippen LogP contribution in [0.25, 0.3) is 11.0 Å². The molecular weight excluding hydrogens is 530 g/mol. The lowest BCUT2D eigenvalue weighted by atomic mass is 10.1. The van der Waals surface area contributed by atoms with Crippen molar-refractivity contribution >= 4 is 61.5 Å². The number of nitrogens with one attached hydrogen (secondary N) is 3. The summed E-state index contributed by atoms with van der Waals surface area (Å²) in [7, 11) is -3.86. The summed E-state index contributed by atoms with van der Waals surface area (Å²) >= 11 is 1.66. The number of hydrogen-bond acceptors (Lipinski definition) is 8. The summed E-state index contributed by atoms with van der Waals surface area (Å²) in [5, 5.41) is 6.39. The second-order valence-corrected chi connectivity index (χ2v) is 11.4. The van der Waals surface area contributed by atoms with Gasteiger partial charge < -0.3 is 10.6 Å². The van der Waals surface area contributed by atoms with Crippen molar-refractivity contribution in [3.63, 3.8) is 0 Å². The van der Waals surface area contributed by atoms with Gasteiger partial charge in [-0.1, -0.05) is 36.0 Å². The van der Waals surface area contributed by atoms with Crippen LogP contribution in [0.5, 0.6) is 0 Å². The Balaban J connectivity index is 1.09. The molecule has 6 rings (SSSR count). The van der Waals surface area contributed by atoms with Gasteiger partial charge in [-0.05, 0) is 66.7 Å². The highest BCUT2D eigenvalue weighted by atomic mass is 32.2. The minimum absolute atomic E-state index is 0.0732. The number of allylic oxidation sites excluding steroid dienone is 1. The maximum atomic E-state index is 12.8. The number of ketones is 1. The van der Waals surface area contributed by atoms with Gasteiger partial charge in [-0.2, -0.15) is 0 Å². The van der Waals surface area contributed by atoms with Crippen molar-refractivity contribution in [2.45, 2.75) is 14.7 Å². The molecule has 2 heterocycles. The molecule has 0 amide bonds. The molecular formula is C29H21N5O3S2. The van der Waals surface area contributed by atoms with Crippen LogP contribution >= 0.6 is 11.8 Å². The number of fused-ring (bicyclic) bond motifs is 3. The predicted molar refractivity (Wildman–Crippen MR) is 154 cm³/mol. The van der Waals surface area contributed by atoms with Crippen LogP contribution in [0.1, 0.15) is 10.4 Å². The first kappa shape index (κ1) is 24.7. The maximum absolute atomic E-state index is 12.8. The Hall–Kier alpha value is -4.67. The van der Waals surface area contributed by atoms with Crippen LogP contribution in [0.15, 0.2) is 124 Å². The monoisotopic (exact) mass is 551 g/mol. The molecule has 0 spiro atoms. The SMILES string of the molecule is O=C(/C=C\Nc1ccc(S(=O)(=O)Nc2cnc3ccccc3n2)cc1)c1ccc2c(c1)Nc1ccccc1S2. The number of hydrogen-bond donors (Lipinski definition) is 3. The standard InChI is InChI=1S/C29H21N5O3S2/c35-26(19-9-14-28-25(17-19)32-24-7-3-4-8-27(24)38-28)15-16-30-20-10-12-21(13-11-20)39(36,37)34-29-18-31-22-5-1-2-6-23(22)33-29/h1-18,30,32H,(H,33,34)/b16-15-. The number of rotatable bonds is 7. The Labute approximate surface area is 229 Å². The summed E-state index contributed by atoms with van der Waals surface area (Å²) in [5.74, 6) is -0.0200. The highest BCUT2D eigenvalue weighted by Crippen LogP contribution is 2.44. The van der Waals surface area contributed by atoms with E-state index in [1.54, 1.807) is 42.1 Å². The van der Waals surface area contributed by atoms with Gasteiger partial charge in [0.25, 0.3) is 10.0 Å². The highest BCUT2D eigenvalue weighted by molar-refractivity contribution is 7.99. The number of carbonyl (C=O) groups excluding carboxylic acids is 1. The van der Waals surface area contributed by atoms with Crippen LogP contribution in [0.4, 0.5) is 22.9 Å². The van der Waals surface area contributed by atoms with Crippen LogP contribution in [-0.4, -0.2) is 24.2 Å². The highest BCUT2D eigenvalue weighted by Gasteiger charge is 2.17. The molecule has 5 aromatic rings. The molecule has 0 saturated heterocycles. The summed E-state index contributed by atoms with van der Waals surface area (Å²) in [6.45, 7) is 0. The first-order valence-electron chi connectivity index (χ1n) is 11.9. The Morgan fingerprint density at radius 2 is 1.59 bits per heavy atom. The summed E-state index contributed by atoms with van der Waals surface area (Å²) in [5.41, 5.74) is 4.37. The molecule has 0 bridgehead atoms. The van der Waals surface area contributed by atoms with E-state index in [4.69, 9.17) is 0 Å². The maximum Gasteiger partial charge on any atom is 0.263 e. The van der Waals surface area contributed by atoms with Crippen molar-refractivity contribution < 1.29 is 13.2 Å². The largest absolute Gasteiger partial charge is 0.362 e. The van der Waals surface area contributed by atoms with Gasteiger partial charge in [-0.25, -0.2) is 13.4 Å². The second kappa shape index (κ2) is 10.2. The number of carbonyl (C=O) groups is 1. The Morgan fingerprint density at radius 3 is 2.44 bits per heavy atom. The zero-order valence-corrected chi connectivity index (χ0v) is 22.0. The van der Waals surface area contributed by atoms with Crippen molar-refractivity contribution in [1.82, 2.24) is 9.97 Å². The average molecular weight is 552 g/mol. The minimum atomic E-state index is -3.86. The summed E-state index contributed by atoms with van der Waals surface area (Å²) in [4.78, 5) is 23.6. The second-order valence-electron chi connectivity index (χ2n) is 8.65. The number of nitrogens with zero attached hydrogens (tertiary/aromatic N) is 2. The van der Waals surface area contributed by atoms with Gasteiger partial charge in [-0.15, -0.1) is 0 Å². The molecule has 192 valence electrons. The van der Waals surface area contributed by atoms with E-state index >= 15 is 0 Å². The van der Waals surface area contributed by atoms with Crippen molar-refractivity contribution in [1.29, 1.82) is 0 Å². The van der Waals surface area contributed by atoms with E-state index in [2.05, 4.69) is 31.4 Å². The summed E-state index contributed by atoms with van der Waals surface area (Å²) in [6, 6.07) is 27.0. The first-order valence-corrected chi connectivity index (χ1v) is 14.2. The Kier molecular flexibility index (Phi) is 6.47. The molecule has 0 saturated carbocycles. The van der Waals surface area contributed by atoms with Crippen molar-refractivity contribution in [3.8, 4) is 0 Å². The van der Waals surface area contributed by atoms with Crippen LogP contribution in [0, 0.1) is 0 Å². The van der Waals surface area contributed by atoms with E-state index in [9.17, 15) is 13.2 Å². The lowest BCUT2D eigenvalue weighted by molar-refractivity contribution is 0.104. The van der Waals surface area contributed by atoms with Crippen molar-refractivity contribution in [2.75, 3.05) is 15.4 Å². The molecule has 39 heavy (non-hydrogen) atoms. The molecule has 1 aromatic heterocycles. The van der Waals surface area contributed by atoms with Crippen LogP contribution in [-0.2, 0) is 10.0 Å². The number of sulfonamides is 1. The summed E-state index contributed by atoms with van der Waals surface area (Å²) in [6.07, 6.45) is 4.36. The van der Waals surface area contributed by atoms with Crippen LogP contribution < -0.4 is 15.4 Å². The van der Waals surface area contributed by atoms with Gasteiger partial charge in [-0.3, -0.25) is 14.5 Å². The minimum Gasteiger partial charge on any atom is -0.362 e. The zero-order valence-electron chi connectivity index (χ0n) is 20.3. The van der Waals surface area contributed by atoms with E-state index in [0.717, 1.165) is 21.2 Å². The van der Waals surface area contributed by atoms with Gasteiger partial charge in [0.1, 0.15) is 0 Å². The molecule has 0 radical (unpaired) electrons. The quantitative estimate of drug-likeness (QED) is 0.153. The van der Waals surface area contributed by atoms with E-state index in [0.29, 0.717) is 22.3 Å². The lowest BCUT2D eigenvalue weighted by Crippen LogP contribution is -2.14. The number of aromatic nitrogens is 2. The van der Waals surface area contributed by atoms with Crippen molar-refractivity contribution in [2.24, 2.45) is 0 Å². The molecule has 4 aromatic carbocycles. The molecule has 3 N–H and O–H groups in total. The lowest BCUT2D eigenvalue weighted by Gasteiger charge is -2.20. The van der Waals surface area contributed by atoms with E-state index in [-0.39, 0.29) is 16.5 Å². The Bertz CT molecular complexity index is 1860. The third kappa shape index (κ3) is 5.33. The van der Waals surface area contributed by atoms with Gasteiger partial charge in [0.2, 0.25) is 0 Å². The van der Waals surface area contributed by atoms with Crippen LogP contribution in [0.3, 0.4) is 0 Å². The van der Waals surface area contributed by atoms with Gasteiger partial charge in [0, 0.05) is 33.3 Å². The fourth-order valence-corrected chi connectivity index (χ4v) is 5.99. The van der Waals surface area contributed by atoms with Gasteiger partial charge >= 0.3 is 0 Å². The average Bonchev–Trinajstić information content (AvgIpc) is 2.95. The molecule has 1 aliphatic heterocycles. The molecule has 8 nitrogen and oxygen atoms in total. The normalized spacial score (nSPS) is 12.4. The molecule has 1 aliphatic rings. The zero-order chi connectivity index (χ0) is 26.8. The number of para-hydroxylation sites is 3. The smallest absolute Gasteiger partial charge is 0.263 e. The molecule has 10 heteroatoms. The summed E-state index contributed by atoms with van der Waals surface area (Å²) < 4.78 is 28.1.